The van der Waals surface area contributed by atoms with Gasteiger partial charge in [0, 0.05) is 30.3 Å². The van der Waals surface area contributed by atoms with Gasteiger partial charge in [-0.05, 0) is 23.8 Å². The minimum atomic E-state index is -0.781. The summed E-state index contributed by atoms with van der Waals surface area (Å²) < 4.78 is 15.1. The predicted molar refractivity (Wildman–Crippen MR) is 63.3 cm³/mol. The van der Waals surface area contributed by atoms with E-state index in [2.05, 4.69) is 5.10 Å². The molecule has 0 radical (unpaired) electrons. The fourth-order valence-corrected chi connectivity index (χ4v) is 1.83. The molecular weight excluding hydrogens is 243 g/mol. The van der Waals surface area contributed by atoms with E-state index < -0.39 is 6.10 Å². The fourth-order valence-electron chi connectivity index (χ4n) is 1.64. The monoisotopic (exact) mass is 254 g/mol. The van der Waals surface area contributed by atoms with Crippen molar-refractivity contribution in [2.45, 2.75) is 12.5 Å². The van der Waals surface area contributed by atoms with Gasteiger partial charge in [0.15, 0.2) is 0 Å². The first kappa shape index (κ1) is 12.1. The molecule has 1 N–H and O–H groups in total. The first-order valence-electron chi connectivity index (χ1n) is 5.17. The minimum Gasteiger partial charge on any atom is -0.388 e. The smallest absolute Gasteiger partial charge is 0.126 e. The summed E-state index contributed by atoms with van der Waals surface area (Å²) in [4.78, 5) is 0. The average Bonchev–Trinajstić information content (AvgIpc) is 2.70. The lowest BCUT2D eigenvalue weighted by molar-refractivity contribution is 0.177. The van der Waals surface area contributed by atoms with Crippen LogP contribution in [0.5, 0.6) is 0 Å². The number of aliphatic hydroxyl groups is 1. The van der Waals surface area contributed by atoms with Crippen molar-refractivity contribution < 1.29 is 9.50 Å². The second kappa shape index (κ2) is 4.85. The SMILES string of the molecule is Cn1cc(C(O)Cc2cc(Cl)ccc2F)cn1. The summed E-state index contributed by atoms with van der Waals surface area (Å²) in [5.74, 6) is -0.364. The lowest BCUT2D eigenvalue weighted by atomic mass is 10.0. The number of aromatic nitrogens is 2. The van der Waals surface area contributed by atoms with Crippen LogP contribution >= 0.6 is 11.6 Å². The van der Waals surface area contributed by atoms with Crippen LogP contribution in [0.2, 0.25) is 5.02 Å². The lowest BCUT2D eigenvalue weighted by Gasteiger charge is -2.09. The molecule has 90 valence electrons. The molecule has 1 atom stereocenters. The molecule has 2 aromatic rings. The van der Waals surface area contributed by atoms with Gasteiger partial charge in [-0.2, -0.15) is 5.10 Å². The number of benzene rings is 1. The molecule has 2 rings (SSSR count). The van der Waals surface area contributed by atoms with Crippen LogP contribution in [-0.2, 0) is 13.5 Å². The Balaban J connectivity index is 2.18. The number of aryl methyl sites for hydroxylation is 1. The Kier molecular flexibility index (Phi) is 3.45. The molecule has 0 spiro atoms. The zero-order valence-electron chi connectivity index (χ0n) is 9.27. The molecule has 5 heteroatoms. The van der Waals surface area contributed by atoms with Crippen LogP contribution < -0.4 is 0 Å². The first-order chi connectivity index (χ1) is 8.06. The number of rotatable bonds is 3. The number of hydrogen-bond donors (Lipinski definition) is 1. The second-order valence-corrected chi connectivity index (χ2v) is 4.34. The largest absolute Gasteiger partial charge is 0.388 e. The van der Waals surface area contributed by atoms with E-state index in [1.165, 1.54) is 18.2 Å². The summed E-state index contributed by atoms with van der Waals surface area (Å²) in [5, 5.41) is 14.4. The van der Waals surface area contributed by atoms with Crippen molar-refractivity contribution in [1.29, 1.82) is 0 Å². The van der Waals surface area contributed by atoms with E-state index in [0.717, 1.165) is 0 Å². The van der Waals surface area contributed by atoms with Gasteiger partial charge in [0.05, 0.1) is 12.3 Å². The van der Waals surface area contributed by atoms with Gasteiger partial charge in [0.1, 0.15) is 5.82 Å². The summed E-state index contributed by atoms with van der Waals surface area (Å²) in [5.41, 5.74) is 1.06. The molecule has 3 nitrogen and oxygen atoms in total. The maximum Gasteiger partial charge on any atom is 0.126 e. The van der Waals surface area contributed by atoms with Crippen LogP contribution in [0.15, 0.2) is 30.6 Å². The molecule has 0 aliphatic rings. The molecular formula is C12H12ClFN2O. The van der Waals surface area contributed by atoms with Crippen molar-refractivity contribution >= 4 is 11.6 Å². The summed E-state index contributed by atoms with van der Waals surface area (Å²) in [6.07, 6.45) is 2.66. The van der Waals surface area contributed by atoms with Crippen LogP contribution in [0, 0.1) is 5.82 Å². The maximum absolute atomic E-state index is 13.5. The zero-order valence-corrected chi connectivity index (χ0v) is 10.0. The van der Waals surface area contributed by atoms with Crippen LogP contribution in [0.1, 0.15) is 17.2 Å². The van der Waals surface area contributed by atoms with E-state index in [4.69, 9.17) is 11.6 Å². The quantitative estimate of drug-likeness (QED) is 0.914. The van der Waals surface area contributed by atoms with Crippen LogP contribution in [0.4, 0.5) is 4.39 Å². The third kappa shape index (κ3) is 2.84. The van der Waals surface area contributed by atoms with Gasteiger partial charge in [0.2, 0.25) is 0 Å². The summed E-state index contributed by atoms with van der Waals surface area (Å²) in [6, 6.07) is 4.31. The number of halogens is 2. The lowest BCUT2D eigenvalue weighted by Crippen LogP contribution is -2.02. The van der Waals surface area contributed by atoms with E-state index in [1.54, 1.807) is 24.1 Å². The number of aliphatic hydroxyl groups excluding tert-OH is 1. The van der Waals surface area contributed by atoms with E-state index in [0.29, 0.717) is 16.1 Å². The van der Waals surface area contributed by atoms with Crippen LogP contribution in [0.25, 0.3) is 0 Å². The molecule has 0 aliphatic carbocycles. The topological polar surface area (TPSA) is 38.0 Å². The molecule has 0 aliphatic heterocycles. The molecule has 0 bridgehead atoms. The van der Waals surface area contributed by atoms with E-state index in [1.807, 2.05) is 0 Å². The van der Waals surface area contributed by atoms with Crippen molar-refractivity contribution in [2.24, 2.45) is 7.05 Å². The molecule has 17 heavy (non-hydrogen) atoms. The third-order valence-electron chi connectivity index (χ3n) is 2.53. The molecule has 1 aromatic carbocycles. The molecule has 1 unspecified atom stereocenters. The van der Waals surface area contributed by atoms with Gasteiger partial charge in [-0.25, -0.2) is 4.39 Å². The fraction of sp³-hybridized carbons (Fsp3) is 0.250. The number of nitrogens with zero attached hydrogens (tertiary/aromatic N) is 2. The standard InChI is InChI=1S/C12H12ClFN2O/c1-16-7-9(6-15-16)12(17)5-8-4-10(13)2-3-11(8)14/h2-4,6-7,12,17H,5H2,1H3. The van der Waals surface area contributed by atoms with E-state index >= 15 is 0 Å². The highest BCUT2D eigenvalue weighted by Gasteiger charge is 2.13. The van der Waals surface area contributed by atoms with Gasteiger partial charge in [0.25, 0.3) is 0 Å². The molecule has 0 saturated heterocycles. The van der Waals surface area contributed by atoms with Gasteiger partial charge >= 0.3 is 0 Å². The normalized spacial score (nSPS) is 12.7. The summed E-state index contributed by atoms with van der Waals surface area (Å²) >= 11 is 5.79. The van der Waals surface area contributed by atoms with Crippen LogP contribution in [-0.4, -0.2) is 14.9 Å². The first-order valence-corrected chi connectivity index (χ1v) is 5.54. The van der Waals surface area contributed by atoms with Gasteiger partial charge in [-0.3, -0.25) is 4.68 Å². The molecule has 0 fully saturated rings. The van der Waals surface area contributed by atoms with Crippen LogP contribution in [0.3, 0.4) is 0 Å². The Bertz CT molecular complexity index is 527. The summed E-state index contributed by atoms with van der Waals surface area (Å²) in [6.45, 7) is 0. The Morgan fingerprint density at radius 1 is 1.53 bits per heavy atom. The van der Waals surface area contributed by atoms with Crippen molar-refractivity contribution in [3.05, 3.63) is 52.6 Å². The predicted octanol–water partition coefficient (Wildman–Crippen LogP) is 2.49. The number of hydrogen-bond acceptors (Lipinski definition) is 2. The van der Waals surface area contributed by atoms with Gasteiger partial charge in [-0.1, -0.05) is 11.6 Å². The van der Waals surface area contributed by atoms with Crippen molar-refractivity contribution in [3.63, 3.8) is 0 Å². The van der Waals surface area contributed by atoms with Crippen molar-refractivity contribution in [3.8, 4) is 0 Å². The highest BCUT2D eigenvalue weighted by atomic mass is 35.5. The van der Waals surface area contributed by atoms with Crippen molar-refractivity contribution in [2.75, 3.05) is 0 Å². The average molecular weight is 255 g/mol. The van der Waals surface area contributed by atoms with E-state index in [9.17, 15) is 9.50 Å². The summed E-state index contributed by atoms with van der Waals surface area (Å²) in [7, 11) is 1.76. The zero-order chi connectivity index (χ0) is 12.4. The molecule has 0 saturated carbocycles. The maximum atomic E-state index is 13.5. The molecule has 1 heterocycles. The van der Waals surface area contributed by atoms with Crippen molar-refractivity contribution in [1.82, 2.24) is 9.78 Å². The second-order valence-electron chi connectivity index (χ2n) is 3.90. The molecule has 1 aromatic heterocycles. The van der Waals surface area contributed by atoms with E-state index in [-0.39, 0.29) is 12.2 Å². The molecule has 0 amide bonds. The highest BCUT2D eigenvalue weighted by Crippen LogP contribution is 2.22. The Morgan fingerprint density at radius 2 is 2.29 bits per heavy atom. The Morgan fingerprint density at radius 3 is 2.94 bits per heavy atom. The highest BCUT2D eigenvalue weighted by molar-refractivity contribution is 6.30. The Hall–Kier alpha value is -1.39. The van der Waals surface area contributed by atoms with Gasteiger partial charge < -0.3 is 5.11 Å². The van der Waals surface area contributed by atoms with Gasteiger partial charge in [-0.15, -0.1) is 0 Å². The Labute approximate surface area is 103 Å². The minimum absolute atomic E-state index is 0.179. The third-order valence-corrected chi connectivity index (χ3v) is 2.77.